The molecule has 150 valence electrons. The number of benzene rings is 1. The molecule has 2 heterocycles. The molecule has 1 saturated heterocycles. The molecule has 0 atom stereocenters. The largest absolute Gasteiger partial charge is 0.351 e. The Balaban J connectivity index is 1.37. The summed E-state index contributed by atoms with van der Waals surface area (Å²) in [6.07, 6.45) is 4.50. The zero-order chi connectivity index (χ0) is 19.9. The molecule has 1 aromatic heterocycles. The number of anilines is 1. The van der Waals surface area contributed by atoms with Crippen molar-refractivity contribution in [3.05, 3.63) is 47.8 Å². The Morgan fingerprint density at radius 1 is 1.14 bits per heavy atom. The summed E-state index contributed by atoms with van der Waals surface area (Å²) in [4.78, 5) is 26.5. The molecule has 7 nitrogen and oxygen atoms in total. The van der Waals surface area contributed by atoms with Crippen LogP contribution in [0.1, 0.15) is 42.2 Å². The smallest absolute Gasteiger partial charge is 0.321 e. The molecule has 0 radical (unpaired) electrons. The summed E-state index contributed by atoms with van der Waals surface area (Å²) in [5, 5.41) is 10.1. The van der Waals surface area contributed by atoms with Crippen LogP contribution in [0.15, 0.2) is 36.5 Å². The molecular weight excluding hydrogens is 354 g/mol. The minimum atomic E-state index is -0.0748. The van der Waals surface area contributed by atoms with Gasteiger partial charge >= 0.3 is 6.03 Å². The van der Waals surface area contributed by atoms with Crippen LogP contribution in [0.25, 0.3) is 0 Å². The number of hydrogen-bond donors (Lipinski definition) is 2. The Kier molecular flexibility index (Phi) is 6.68. The van der Waals surface area contributed by atoms with E-state index in [0.29, 0.717) is 24.7 Å². The number of likely N-dealkylation sites (tertiary alicyclic amines) is 1. The molecule has 3 rings (SSSR count). The minimum absolute atomic E-state index is 0.0385. The molecule has 2 N–H and O–H groups in total. The zero-order valence-corrected chi connectivity index (χ0v) is 16.6. The van der Waals surface area contributed by atoms with Crippen molar-refractivity contribution in [2.24, 2.45) is 5.92 Å². The number of hydrogen-bond acceptors (Lipinski definition) is 3. The first-order valence-corrected chi connectivity index (χ1v) is 9.99. The van der Waals surface area contributed by atoms with E-state index in [4.69, 9.17) is 0 Å². The molecule has 0 aliphatic carbocycles. The normalized spacial score (nSPS) is 14.7. The predicted molar refractivity (Wildman–Crippen MR) is 109 cm³/mol. The van der Waals surface area contributed by atoms with Crippen molar-refractivity contribution in [2.75, 3.05) is 25.0 Å². The van der Waals surface area contributed by atoms with Crippen LogP contribution in [0.5, 0.6) is 0 Å². The van der Waals surface area contributed by atoms with E-state index in [2.05, 4.69) is 15.7 Å². The first kappa shape index (κ1) is 19.9. The number of carbonyl (C=O) groups is 2. The molecule has 0 spiro atoms. The lowest BCUT2D eigenvalue weighted by molar-refractivity contribution is 0.0939. The Morgan fingerprint density at radius 3 is 2.54 bits per heavy atom. The quantitative estimate of drug-likeness (QED) is 0.803. The van der Waals surface area contributed by atoms with E-state index in [-0.39, 0.29) is 11.9 Å². The van der Waals surface area contributed by atoms with Crippen LogP contribution in [0.2, 0.25) is 0 Å². The highest BCUT2D eigenvalue weighted by Gasteiger charge is 2.23. The average Bonchev–Trinajstić information content (AvgIpc) is 3.19. The van der Waals surface area contributed by atoms with Crippen molar-refractivity contribution >= 4 is 17.6 Å². The van der Waals surface area contributed by atoms with Gasteiger partial charge in [-0.15, -0.1) is 0 Å². The number of piperidine rings is 1. The summed E-state index contributed by atoms with van der Waals surface area (Å²) >= 11 is 0. The summed E-state index contributed by atoms with van der Waals surface area (Å²) in [5.74, 6) is 0.453. The third-order valence-corrected chi connectivity index (χ3v) is 5.29. The first-order valence-electron chi connectivity index (χ1n) is 9.99. The molecule has 0 bridgehead atoms. The second-order valence-electron chi connectivity index (χ2n) is 7.30. The fourth-order valence-corrected chi connectivity index (χ4v) is 3.52. The van der Waals surface area contributed by atoms with Gasteiger partial charge in [-0.2, -0.15) is 5.10 Å². The summed E-state index contributed by atoms with van der Waals surface area (Å²) in [6.45, 7) is 6.81. The van der Waals surface area contributed by atoms with Gasteiger partial charge in [-0.05, 0) is 57.2 Å². The number of nitrogens with zero attached hydrogens (tertiary/aromatic N) is 3. The van der Waals surface area contributed by atoms with Crippen molar-refractivity contribution in [1.82, 2.24) is 20.0 Å². The second kappa shape index (κ2) is 9.39. The molecule has 0 saturated carbocycles. The highest BCUT2D eigenvalue weighted by Crippen LogP contribution is 2.21. The maximum atomic E-state index is 12.4. The van der Waals surface area contributed by atoms with E-state index in [9.17, 15) is 9.59 Å². The third-order valence-electron chi connectivity index (χ3n) is 5.29. The fourth-order valence-electron chi connectivity index (χ4n) is 3.52. The monoisotopic (exact) mass is 383 g/mol. The zero-order valence-electron chi connectivity index (χ0n) is 16.6. The van der Waals surface area contributed by atoms with Crippen LogP contribution < -0.4 is 10.6 Å². The lowest BCUT2D eigenvalue weighted by atomic mass is 9.93. The van der Waals surface area contributed by atoms with Crippen LogP contribution in [-0.4, -0.2) is 46.3 Å². The van der Waals surface area contributed by atoms with E-state index in [0.717, 1.165) is 38.0 Å². The van der Waals surface area contributed by atoms with Crippen LogP contribution in [0.4, 0.5) is 10.5 Å². The summed E-state index contributed by atoms with van der Waals surface area (Å²) < 4.78 is 1.69. The van der Waals surface area contributed by atoms with Gasteiger partial charge < -0.3 is 15.5 Å². The minimum Gasteiger partial charge on any atom is -0.351 e. The van der Waals surface area contributed by atoms with E-state index in [1.807, 2.05) is 43.0 Å². The van der Waals surface area contributed by atoms with Crippen LogP contribution in [0, 0.1) is 12.8 Å². The lowest BCUT2D eigenvalue weighted by Crippen LogP contribution is -2.41. The number of aromatic nitrogens is 2. The Bertz CT molecular complexity index is 791. The van der Waals surface area contributed by atoms with Crippen molar-refractivity contribution in [1.29, 1.82) is 0 Å². The van der Waals surface area contributed by atoms with Gasteiger partial charge in [-0.3, -0.25) is 9.48 Å². The highest BCUT2D eigenvalue weighted by molar-refractivity contribution is 5.92. The lowest BCUT2D eigenvalue weighted by Gasteiger charge is -2.32. The first-order chi connectivity index (χ1) is 13.6. The van der Waals surface area contributed by atoms with Gasteiger partial charge in [0.15, 0.2) is 0 Å². The second-order valence-corrected chi connectivity index (χ2v) is 7.30. The van der Waals surface area contributed by atoms with Gasteiger partial charge in [-0.1, -0.05) is 17.7 Å². The van der Waals surface area contributed by atoms with E-state index < -0.39 is 0 Å². The van der Waals surface area contributed by atoms with Gasteiger partial charge in [0.2, 0.25) is 0 Å². The molecular formula is C21H29N5O2. The Morgan fingerprint density at radius 2 is 1.86 bits per heavy atom. The molecule has 1 aliphatic rings. The standard InChI is InChI=1S/C21H29N5O2/c1-3-26-19(9-13-23-26)20(27)22-12-8-17-10-14-25(15-11-17)21(28)24-18-6-4-16(2)5-7-18/h4-7,9,13,17H,3,8,10-12,14-15H2,1-2H3,(H,22,27)(H,24,28). The van der Waals surface area contributed by atoms with Crippen molar-refractivity contribution in [2.45, 2.75) is 39.7 Å². The average molecular weight is 383 g/mol. The van der Waals surface area contributed by atoms with Crippen molar-refractivity contribution in [3.63, 3.8) is 0 Å². The molecule has 28 heavy (non-hydrogen) atoms. The summed E-state index contributed by atoms with van der Waals surface area (Å²) in [5.41, 5.74) is 2.60. The summed E-state index contributed by atoms with van der Waals surface area (Å²) in [6, 6.07) is 9.53. The van der Waals surface area contributed by atoms with Gasteiger partial charge in [0.1, 0.15) is 5.69 Å². The van der Waals surface area contributed by atoms with E-state index in [1.165, 1.54) is 5.56 Å². The molecule has 7 heteroatoms. The maximum absolute atomic E-state index is 12.4. The number of amides is 3. The topological polar surface area (TPSA) is 79.3 Å². The van der Waals surface area contributed by atoms with Crippen LogP contribution >= 0.6 is 0 Å². The van der Waals surface area contributed by atoms with Crippen molar-refractivity contribution < 1.29 is 9.59 Å². The number of carbonyl (C=O) groups excluding carboxylic acids is 2. The Labute approximate surface area is 166 Å². The SMILES string of the molecule is CCn1nccc1C(=O)NCCC1CCN(C(=O)Nc2ccc(C)cc2)CC1. The van der Waals surface area contributed by atoms with Gasteiger partial charge in [-0.25, -0.2) is 4.79 Å². The highest BCUT2D eigenvalue weighted by atomic mass is 16.2. The number of aryl methyl sites for hydroxylation is 2. The van der Waals surface area contributed by atoms with E-state index in [1.54, 1.807) is 16.9 Å². The molecule has 1 aromatic carbocycles. The molecule has 1 fully saturated rings. The number of nitrogens with one attached hydrogen (secondary N) is 2. The third kappa shape index (κ3) is 5.12. The summed E-state index contributed by atoms with van der Waals surface area (Å²) in [7, 11) is 0. The maximum Gasteiger partial charge on any atom is 0.321 e. The van der Waals surface area contributed by atoms with Gasteiger partial charge in [0, 0.05) is 38.1 Å². The Hall–Kier alpha value is -2.83. The molecule has 1 aliphatic heterocycles. The van der Waals surface area contributed by atoms with Crippen LogP contribution in [0.3, 0.4) is 0 Å². The number of rotatable bonds is 6. The van der Waals surface area contributed by atoms with Crippen molar-refractivity contribution in [3.8, 4) is 0 Å². The number of urea groups is 1. The fraction of sp³-hybridized carbons (Fsp3) is 0.476. The van der Waals surface area contributed by atoms with E-state index >= 15 is 0 Å². The molecule has 2 aromatic rings. The van der Waals surface area contributed by atoms with Crippen LogP contribution in [-0.2, 0) is 6.54 Å². The molecule has 3 amide bonds. The van der Waals surface area contributed by atoms with Gasteiger partial charge in [0.25, 0.3) is 5.91 Å². The predicted octanol–water partition coefficient (Wildman–Crippen LogP) is 3.28. The molecule has 0 unspecified atom stereocenters. The van der Waals surface area contributed by atoms with Gasteiger partial charge in [0.05, 0.1) is 0 Å².